The standard InChI is InChI=1S/C8H11N2/c1-2-3-4-8-7-9-5-6-10-8/h2,5-7H,3-4H2,1H3. The van der Waals surface area contributed by atoms with Crippen molar-refractivity contribution in [1.29, 1.82) is 0 Å². The molecule has 0 fully saturated rings. The van der Waals surface area contributed by atoms with E-state index in [2.05, 4.69) is 23.3 Å². The second kappa shape index (κ2) is 3.99. The molecule has 0 aliphatic rings. The van der Waals surface area contributed by atoms with Crippen molar-refractivity contribution in [1.82, 2.24) is 9.97 Å². The van der Waals surface area contributed by atoms with Crippen molar-refractivity contribution in [3.05, 3.63) is 30.7 Å². The Kier molecular flexibility index (Phi) is 2.87. The van der Waals surface area contributed by atoms with Crippen LogP contribution in [0.2, 0.25) is 0 Å². The molecule has 1 aromatic rings. The van der Waals surface area contributed by atoms with Crippen LogP contribution in [0.15, 0.2) is 18.6 Å². The predicted octanol–water partition coefficient (Wildman–Crippen LogP) is 1.63. The lowest BCUT2D eigenvalue weighted by molar-refractivity contribution is 0.883. The van der Waals surface area contributed by atoms with Crippen molar-refractivity contribution < 1.29 is 0 Å². The molecule has 0 aromatic carbocycles. The van der Waals surface area contributed by atoms with Gasteiger partial charge in [-0.15, -0.1) is 0 Å². The lowest BCUT2D eigenvalue weighted by atomic mass is 10.2. The van der Waals surface area contributed by atoms with Crippen molar-refractivity contribution in [2.45, 2.75) is 19.8 Å². The lowest BCUT2D eigenvalue weighted by Gasteiger charge is -1.94. The van der Waals surface area contributed by atoms with Gasteiger partial charge in [0.25, 0.3) is 0 Å². The van der Waals surface area contributed by atoms with Crippen molar-refractivity contribution in [2.75, 3.05) is 0 Å². The van der Waals surface area contributed by atoms with E-state index < -0.39 is 0 Å². The quantitative estimate of drug-likeness (QED) is 0.629. The van der Waals surface area contributed by atoms with Gasteiger partial charge in [0.05, 0.1) is 5.69 Å². The van der Waals surface area contributed by atoms with Crippen molar-refractivity contribution in [3.8, 4) is 0 Å². The predicted molar refractivity (Wildman–Crippen MR) is 40.3 cm³/mol. The zero-order valence-corrected chi connectivity index (χ0v) is 6.12. The van der Waals surface area contributed by atoms with Crippen LogP contribution in [0, 0.1) is 6.42 Å². The lowest BCUT2D eigenvalue weighted by Crippen LogP contribution is -1.89. The van der Waals surface area contributed by atoms with Gasteiger partial charge in [-0.2, -0.15) is 0 Å². The molecule has 0 saturated carbocycles. The van der Waals surface area contributed by atoms with Gasteiger partial charge in [-0.1, -0.05) is 6.92 Å². The van der Waals surface area contributed by atoms with E-state index in [0.717, 1.165) is 18.5 Å². The van der Waals surface area contributed by atoms with E-state index in [1.54, 1.807) is 12.4 Å². The highest BCUT2D eigenvalue weighted by molar-refractivity contribution is 4.94. The largest absolute Gasteiger partial charge is 0.261 e. The summed E-state index contributed by atoms with van der Waals surface area (Å²) in [4.78, 5) is 8.09. The van der Waals surface area contributed by atoms with Crippen LogP contribution in [0.3, 0.4) is 0 Å². The first-order valence-electron chi connectivity index (χ1n) is 3.46. The highest BCUT2D eigenvalue weighted by atomic mass is 14.8. The molecule has 0 unspecified atom stereocenters. The van der Waals surface area contributed by atoms with Gasteiger partial charge >= 0.3 is 0 Å². The molecular formula is C8H11N2. The van der Waals surface area contributed by atoms with E-state index in [9.17, 15) is 0 Å². The minimum absolute atomic E-state index is 1.00. The fraction of sp³-hybridized carbons (Fsp3) is 0.375. The number of unbranched alkanes of at least 4 members (excludes halogenated alkanes) is 1. The molecule has 2 heteroatoms. The summed E-state index contributed by atoms with van der Waals surface area (Å²) >= 11 is 0. The van der Waals surface area contributed by atoms with Gasteiger partial charge in [0.1, 0.15) is 0 Å². The normalized spacial score (nSPS) is 9.70. The van der Waals surface area contributed by atoms with Crippen molar-refractivity contribution in [2.24, 2.45) is 0 Å². The average molecular weight is 135 g/mol. The number of hydrogen-bond donors (Lipinski definition) is 0. The van der Waals surface area contributed by atoms with Crippen molar-refractivity contribution in [3.63, 3.8) is 0 Å². The molecule has 1 heterocycles. The van der Waals surface area contributed by atoms with Crippen LogP contribution in [0.5, 0.6) is 0 Å². The number of aromatic nitrogens is 2. The van der Waals surface area contributed by atoms with E-state index in [1.807, 2.05) is 6.20 Å². The summed E-state index contributed by atoms with van der Waals surface area (Å²) in [6.07, 6.45) is 9.45. The van der Waals surface area contributed by atoms with Crippen LogP contribution in [0.4, 0.5) is 0 Å². The van der Waals surface area contributed by atoms with Gasteiger partial charge in [0.15, 0.2) is 0 Å². The number of rotatable bonds is 3. The molecule has 0 atom stereocenters. The van der Waals surface area contributed by atoms with Crippen LogP contribution in [0.25, 0.3) is 0 Å². The van der Waals surface area contributed by atoms with Gasteiger partial charge < -0.3 is 0 Å². The monoisotopic (exact) mass is 135 g/mol. The molecular weight excluding hydrogens is 124 g/mol. The van der Waals surface area contributed by atoms with Crippen LogP contribution >= 0.6 is 0 Å². The first-order chi connectivity index (χ1) is 4.93. The maximum absolute atomic E-state index is 4.13. The van der Waals surface area contributed by atoms with Gasteiger partial charge in [0.2, 0.25) is 0 Å². The summed E-state index contributed by atoms with van der Waals surface area (Å²) in [6, 6.07) is 0. The maximum Gasteiger partial charge on any atom is 0.0586 e. The smallest absolute Gasteiger partial charge is 0.0586 e. The van der Waals surface area contributed by atoms with Crippen LogP contribution in [-0.4, -0.2) is 9.97 Å². The van der Waals surface area contributed by atoms with Crippen LogP contribution < -0.4 is 0 Å². The van der Waals surface area contributed by atoms with Gasteiger partial charge in [0, 0.05) is 18.6 Å². The Morgan fingerprint density at radius 1 is 1.50 bits per heavy atom. The highest BCUT2D eigenvalue weighted by Gasteiger charge is 1.90. The topological polar surface area (TPSA) is 25.8 Å². The SMILES string of the molecule is C[CH]CCc1cnccn1. The Morgan fingerprint density at radius 3 is 3.00 bits per heavy atom. The Hall–Kier alpha value is -0.920. The Morgan fingerprint density at radius 2 is 2.40 bits per heavy atom. The fourth-order valence-corrected chi connectivity index (χ4v) is 0.751. The summed E-state index contributed by atoms with van der Waals surface area (Å²) in [6.45, 7) is 2.05. The minimum Gasteiger partial charge on any atom is -0.261 e. The van der Waals surface area contributed by atoms with Crippen LogP contribution in [0.1, 0.15) is 19.0 Å². The molecule has 0 N–H and O–H groups in total. The summed E-state index contributed by atoms with van der Waals surface area (Å²) in [5.41, 5.74) is 1.07. The second-order valence-corrected chi connectivity index (χ2v) is 2.14. The Balaban J connectivity index is 2.43. The number of hydrogen-bond acceptors (Lipinski definition) is 2. The number of nitrogens with zero attached hydrogens (tertiary/aromatic N) is 2. The molecule has 1 rings (SSSR count). The van der Waals surface area contributed by atoms with Gasteiger partial charge in [-0.25, -0.2) is 0 Å². The average Bonchev–Trinajstić information content (AvgIpc) is 2.03. The second-order valence-electron chi connectivity index (χ2n) is 2.14. The van der Waals surface area contributed by atoms with E-state index in [-0.39, 0.29) is 0 Å². The molecule has 1 radical (unpaired) electrons. The summed E-state index contributed by atoms with van der Waals surface area (Å²) < 4.78 is 0. The maximum atomic E-state index is 4.13. The third kappa shape index (κ3) is 2.13. The van der Waals surface area contributed by atoms with Crippen LogP contribution in [-0.2, 0) is 6.42 Å². The van der Waals surface area contributed by atoms with Crippen molar-refractivity contribution >= 4 is 0 Å². The molecule has 0 amide bonds. The molecule has 2 nitrogen and oxygen atoms in total. The first kappa shape index (κ1) is 7.19. The van der Waals surface area contributed by atoms with Gasteiger partial charge in [-0.3, -0.25) is 9.97 Å². The molecule has 10 heavy (non-hydrogen) atoms. The molecule has 0 aliphatic carbocycles. The molecule has 1 aromatic heterocycles. The summed E-state index contributed by atoms with van der Waals surface area (Å²) in [7, 11) is 0. The first-order valence-corrected chi connectivity index (χ1v) is 3.46. The summed E-state index contributed by atoms with van der Waals surface area (Å²) in [5, 5.41) is 0. The molecule has 0 aliphatic heterocycles. The Bertz CT molecular complexity index is 172. The van der Waals surface area contributed by atoms with E-state index >= 15 is 0 Å². The van der Waals surface area contributed by atoms with E-state index in [1.165, 1.54) is 0 Å². The zero-order valence-electron chi connectivity index (χ0n) is 6.12. The van der Waals surface area contributed by atoms with Gasteiger partial charge in [-0.05, 0) is 19.3 Å². The molecule has 0 spiro atoms. The minimum atomic E-state index is 1.00. The highest BCUT2D eigenvalue weighted by Crippen LogP contribution is 1.96. The Labute approximate surface area is 61.3 Å². The third-order valence-electron chi connectivity index (χ3n) is 1.31. The van der Waals surface area contributed by atoms with E-state index in [0.29, 0.717) is 0 Å². The zero-order chi connectivity index (χ0) is 7.23. The molecule has 0 saturated heterocycles. The molecule has 53 valence electrons. The van der Waals surface area contributed by atoms with E-state index in [4.69, 9.17) is 0 Å². The number of aryl methyl sites for hydroxylation is 1. The summed E-state index contributed by atoms with van der Waals surface area (Å²) in [5.74, 6) is 0. The fourth-order valence-electron chi connectivity index (χ4n) is 0.751. The third-order valence-corrected chi connectivity index (χ3v) is 1.31. The molecule has 0 bridgehead atoms.